The number of guanidine groups is 1. The summed E-state index contributed by atoms with van der Waals surface area (Å²) in [7, 11) is 1.70. The number of aliphatic imine (C=N–C) groups is 1. The van der Waals surface area contributed by atoms with Gasteiger partial charge in [0.1, 0.15) is 18.2 Å². The van der Waals surface area contributed by atoms with Gasteiger partial charge in [-0.1, -0.05) is 19.8 Å². The number of carbonyl (C=O) groups excluding carboxylic acids is 2. The first kappa shape index (κ1) is 38.9. The minimum Gasteiger partial charge on any atom is -0.391 e. The number of rotatable bonds is 25. The van der Waals surface area contributed by atoms with Crippen molar-refractivity contribution in [1.82, 2.24) is 21.3 Å². The Bertz CT molecular complexity index is 726. The highest BCUT2D eigenvalue weighted by atomic mass is 16.4. The Morgan fingerprint density at radius 1 is 0.805 bits per heavy atom. The van der Waals surface area contributed by atoms with Gasteiger partial charge in [0.2, 0.25) is 11.8 Å². The van der Waals surface area contributed by atoms with E-state index in [-0.39, 0.29) is 30.2 Å². The number of unbranched alkanes of at least 4 members (excludes halogenated alkanes) is 3. The summed E-state index contributed by atoms with van der Waals surface area (Å²) in [5, 5.41) is 50.7. The number of likely N-dealkylation sites (N-methyl/N-ethyl adjacent to an activating group) is 1. The molecule has 0 rings (SSSR count). The molecular formula is C27H58N8O6. The van der Waals surface area contributed by atoms with Gasteiger partial charge in [0.25, 0.3) is 0 Å². The molecule has 0 saturated carbocycles. The molecule has 0 aliphatic carbocycles. The highest BCUT2D eigenvalue weighted by molar-refractivity contribution is 5.89. The molecule has 0 aliphatic heterocycles. The van der Waals surface area contributed by atoms with Gasteiger partial charge in [-0.2, -0.15) is 0 Å². The molecular weight excluding hydrogens is 532 g/mol. The van der Waals surface area contributed by atoms with Crippen LogP contribution in [-0.2, 0) is 9.59 Å². The van der Waals surface area contributed by atoms with Crippen LogP contribution in [0.2, 0.25) is 0 Å². The predicted octanol–water partition coefficient (Wildman–Crippen LogP) is -2.39. The number of nitrogens with zero attached hydrogens (tertiary/aromatic N) is 1. The maximum absolute atomic E-state index is 13.0. The summed E-state index contributed by atoms with van der Waals surface area (Å²) in [5.41, 5.74) is 16.3. The molecule has 0 heterocycles. The minimum absolute atomic E-state index is 0.0526. The summed E-state index contributed by atoms with van der Waals surface area (Å²) in [6.07, 6.45) is 1.40. The Labute approximate surface area is 245 Å². The minimum atomic E-state index is -1.46. The Morgan fingerprint density at radius 3 is 2.05 bits per heavy atom. The van der Waals surface area contributed by atoms with Crippen LogP contribution in [0.25, 0.3) is 0 Å². The van der Waals surface area contributed by atoms with Gasteiger partial charge in [0, 0.05) is 19.6 Å². The third-order valence-corrected chi connectivity index (χ3v) is 6.96. The number of hydrogen-bond acceptors (Lipinski definition) is 10. The van der Waals surface area contributed by atoms with Crippen molar-refractivity contribution in [2.24, 2.45) is 28.1 Å². The largest absolute Gasteiger partial charge is 0.391 e. The molecule has 0 spiro atoms. The van der Waals surface area contributed by atoms with Crippen molar-refractivity contribution in [3.63, 3.8) is 0 Å². The molecule has 0 fully saturated rings. The van der Waals surface area contributed by atoms with Crippen molar-refractivity contribution in [3.05, 3.63) is 0 Å². The van der Waals surface area contributed by atoms with Crippen LogP contribution in [0.1, 0.15) is 71.6 Å². The van der Waals surface area contributed by atoms with E-state index >= 15 is 0 Å². The molecule has 0 radical (unpaired) electrons. The Balaban J connectivity index is 4.59. The zero-order chi connectivity index (χ0) is 31.2. The van der Waals surface area contributed by atoms with Crippen LogP contribution in [-0.4, -0.2) is 114 Å². The maximum Gasteiger partial charge on any atom is 0.242 e. The van der Waals surface area contributed by atoms with E-state index in [1.165, 1.54) is 6.92 Å². The monoisotopic (exact) mass is 590 g/mol. The molecule has 14 N–H and O–H groups in total. The summed E-state index contributed by atoms with van der Waals surface area (Å²) in [4.78, 5) is 29.9. The van der Waals surface area contributed by atoms with Crippen molar-refractivity contribution >= 4 is 17.8 Å². The van der Waals surface area contributed by atoms with Crippen LogP contribution in [0.5, 0.6) is 0 Å². The van der Waals surface area contributed by atoms with Crippen molar-refractivity contribution in [1.29, 1.82) is 0 Å². The molecule has 0 saturated heterocycles. The van der Waals surface area contributed by atoms with E-state index in [9.17, 15) is 30.0 Å². The fourth-order valence-corrected chi connectivity index (χ4v) is 4.24. The first-order valence-corrected chi connectivity index (χ1v) is 14.9. The molecule has 0 aromatic carbocycles. The van der Waals surface area contributed by atoms with E-state index in [2.05, 4.69) is 33.2 Å². The van der Waals surface area contributed by atoms with E-state index in [0.29, 0.717) is 51.9 Å². The second kappa shape index (κ2) is 23.5. The van der Waals surface area contributed by atoms with Crippen LogP contribution in [0.15, 0.2) is 4.99 Å². The quantitative estimate of drug-likeness (QED) is 0.0304. The fourth-order valence-electron chi connectivity index (χ4n) is 4.24. The van der Waals surface area contributed by atoms with E-state index in [1.807, 2.05) is 0 Å². The van der Waals surface area contributed by atoms with Crippen LogP contribution in [0.3, 0.4) is 0 Å². The smallest absolute Gasteiger partial charge is 0.242 e. The molecule has 0 bridgehead atoms. The van der Waals surface area contributed by atoms with Crippen LogP contribution < -0.4 is 38.5 Å². The number of amides is 2. The molecule has 0 aliphatic rings. The Morgan fingerprint density at radius 2 is 1.44 bits per heavy atom. The van der Waals surface area contributed by atoms with Gasteiger partial charge in [0.05, 0.1) is 18.2 Å². The molecule has 242 valence electrons. The van der Waals surface area contributed by atoms with Crippen LogP contribution >= 0.6 is 0 Å². The fraction of sp³-hybridized carbons (Fsp3) is 0.889. The molecule has 0 aromatic rings. The predicted molar refractivity (Wildman–Crippen MR) is 161 cm³/mol. The molecule has 14 heteroatoms. The van der Waals surface area contributed by atoms with Crippen LogP contribution in [0.4, 0.5) is 0 Å². The molecule has 0 aromatic heterocycles. The lowest BCUT2D eigenvalue weighted by Gasteiger charge is -2.25. The lowest BCUT2D eigenvalue weighted by Crippen LogP contribution is -2.52. The maximum atomic E-state index is 13.0. The van der Waals surface area contributed by atoms with Gasteiger partial charge >= 0.3 is 0 Å². The third-order valence-electron chi connectivity index (χ3n) is 6.96. The number of carbonyl (C=O) groups is 2. The third kappa shape index (κ3) is 18.9. The lowest BCUT2D eigenvalue weighted by atomic mass is 10.0. The second-order valence-electron chi connectivity index (χ2n) is 10.8. The summed E-state index contributed by atoms with van der Waals surface area (Å²) in [6, 6.07) is -1.12. The number of hydrogen-bond donors (Lipinski definition) is 11. The average Bonchev–Trinajstić information content (AvgIpc) is 2.93. The van der Waals surface area contributed by atoms with Crippen molar-refractivity contribution in [2.75, 3.05) is 39.8 Å². The number of nitrogens with one attached hydrogen (secondary N) is 4. The molecule has 5 unspecified atom stereocenters. The summed E-state index contributed by atoms with van der Waals surface area (Å²) < 4.78 is 0. The summed E-state index contributed by atoms with van der Waals surface area (Å²) in [5.74, 6) is -0.0917. The van der Waals surface area contributed by atoms with Gasteiger partial charge in [-0.25, -0.2) is 0 Å². The molecule has 14 nitrogen and oxygen atoms in total. The molecule has 41 heavy (non-hydrogen) atoms. The van der Waals surface area contributed by atoms with Gasteiger partial charge in [-0.3, -0.25) is 14.6 Å². The standard InChI is InChI=1S/C27H58N8O6/c1-18(10-5-9-15-33-27(29)30)16-34-25(40)21(12-4-7-13-28)35-26(41)20(31-3)11-6-8-14-32-17-22(37)24(39)23(38)19(2)36/h18-24,31-32,36-39H,4-17,28H2,1-3H3,(H,34,40)(H,35,41)(H4,29,30,33)/t18?,19?,20?,21?,22?,23-,24+/m0/s1. The first-order valence-electron chi connectivity index (χ1n) is 14.9. The first-order chi connectivity index (χ1) is 19.4. The molecule has 7 atom stereocenters. The molecule has 2 amide bonds. The van der Waals surface area contributed by atoms with E-state index in [1.54, 1.807) is 7.05 Å². The van der Waals surface area contributed by atoms with Gasteiger partial charge in [-0.15, -0.1) is 0 Å². The second-order valence-corrected chi connectivity index (χ2v) is 10.8. The van der Waals surface area contributed by atoms with Gasteiger partial charge in [0.15, 0.2) is 5.96 Å². The highest BCUT2D eigenvalue weighted by Gasteiger charge is 2.28. The van der Waals surface area contributed by atoms with E-state index in [0.717, 1.165) is 32.1 Å². The SMILES string of the molecule is CNC(CCCCNCC(O)[C@@H](O)[C@@H](O)C(C)O)C(=O)NC(CCCCN)C(=O)NCC(C)CCCCN=C(N)N. The zero-order valence-electron chi connectivity index (χ0n) is 25.2. The number of aliphatic hydroxyl groups is 4. The topological polar surface area (TPSA) is 254 Å². The van der Waals surface area contributed by atoms with Crippen LogP contribution in [0, 0.1) is 5.92 Å². The van der Waals surface area contributed by atoms with Gasteiger partial charge < -0.3 is 58.9 Å². The Hall–Kier alpha value is -2.07. The van der Waals surface area contributed by atoms with Crippen molar-refractivity contribution in [3.8, 4) is 0 Å². The normalized spacial score (nSPS) is 16.6. The average molecular weight is 591 g/mol. The highest BCUT2D eigenvalue weighted by Crippen LogP contribution is 2.09. The number of aliphatic hydroxyl groups excluding tert-OH is 4. The summed E-state index contributed by atoms with van der Waals surface area (Å²) >= 11 is 0. The van der Waals surface area contributed by atoms with Crippen molar-refractivity contribution in [2.45, 2.75) is 108 Å². The van der Waals surface area contributed by atoms with E-state index < -0.39 is 36.5 Å². The van der Waals surface area contributed by atoms with E-state index in [4.69, 9.17) is 17.2 Å². The van der Waals surface area contributed by atoms with Gasteiger partial charge in [-0.05, 0) is 77.9 Å². The lowest BCUT2D eigenvalue weighted by molar-refractivity contribution is -0.130. The van der Waals surface area contributed by atoms with Crippen molar-refractivity contribution < 1.29 is 30.0 Å². The number of nitrogens with two attached hydrogens (primary N) is 3. The Kier molecular flexibility index (Phi) is 22.3. The zero-order valence-corrected chi connectivity index (χ0v) is 25.2. The summed E-state index contributed by atoms with van der Waals surface area (Å²) in [6.45, 7) is 5.60.